The van der Waals surface area contributed by atoms with Gasteiger partial charge in [0.15, 0.2) is 5.78 Å². The number of aliphatic hydroxyl groups excluding tert-OH is 1. The van der Waals surface area contributed by atoms with Crippen LogP contribution in [-0.2, 0) is 9.53 Å². The first-order valence-electron chi connectivity index (χ1n) is 8.65. The molecule has 23 heavy (non-hydrogen) atoms. The quantitative estimate of drug-likeness (QED) is 0.901. The van der Waals surface area contributed by atoms with E-state index in [0.29, 0.717) is 11.5 Å². The predicted octanol–water partition coefficient (Wildman–Crippen LogP) is 3.89. The first-order chi connectivity index (χ1) is 10.9. The van der Waals surface area contributed by atoms with E-state index in [2.05, 4.69) is 26.0 Å². The van der Waals surface area contributed by atoms with Crippen molar-refractivity contribution in [2.75, 3.05) is 0 Å². The highest BCUT2D eigenvalue weighted by atomic mass is 16.5. The molecule has 3 aliphatic rings. The van der Waals surface area contributed by atoms with Gasteiger partial charge in [0.25, 0.3) is 0 Å². The van der Waals surface area contributed by atoms with Crippen LogP contribution in [0.25, 0.3) is 5.57 Å². The molecular formula is C20H24O3. The van der Waals surface area contributed by atoms with Crippen LogP contribution in [0.5, 0.6) is 0 Å². The maximum Gasteiger partial charge on any atom is 0.173 e. The molecule has 1 aromatic carbocycles. The van der Waals surface area contributed by atoms with Gasteiger partial charge in [-0.2, -0.15) is 0 Å². The van der Waals surface area contributed by atoms with Crippen molar-refractivity contribution in [2.24, 2.45) is 17.8 Å². The number of ether oxygens (including phenoxy) is 1. The van der Waals surface area contributed by atoms with Gasteiger partial charge in [-0.1, -0.05) is 31.0 Å². The molecule has 3 heteroatoms. The molecule has 2 bridgehead atoms. The van der Waals surface area contributed by atoms with E-state index in [1.54, 1.807) is 0 Å². The Bertz CT molecular complexity index is 707. The fourth-order valence-corrected chi connectivity index (χ4v) is 5.19. The summed E-state index contributed by atoms with van der Waals surface area (Å²) in [5, 5.41) is 10.9. The molecule has 1 aromatic rings. The first-order valence-corrected chi connectivity index (χ1v) is 8.65. The van der Waals surface area contributed by atoms with Crippen LogP contribution in [0.4, 0.5) is 0 Å². The van der Waals surface area contributed by atoms with Gasteiger partial charge in [-0.05, 0) is 49.8 Å². The van der Waals surface area contributed by atoms with E-state index in [4.69, 9.17) is 4.74 Å². The van der Waals surface area contributed by atoms with Gasteiger partial charge in [0.1, 0.15) is 5.76 Å². The number of allylic oxidation sites excluding steroid dienone is 1. The summed E-state index contributed by atoms with van der Waals surface area (Å²) in [4.78, 5) is 13.1. The van der Waals surface area contributed by atoms with Crippen LogP contribution in [0.2, 0.25) is 0 Å². The second-order valence-corrected chi connectivity index (χ2v) is 7.49. The monoisotopic (exact) mass is 312 g/mol. The smallest absolute Gasteiger partial charge is 0.173 e. The van der Waals surface area contributed by atoms with Crippen molar-refractivity contribution in [3.63, 3.8) is 0 Å². The minimum atomic E-state index is -0.169. The Morgan fingerprint density at radius 2 is 1.83 bits per heavy atom. The number of carbonyl (C=O) groups is 1. The van der Waals surface area contributed by atoms with Crippen molar-refractivity contribution in [1.82, 2.24) is 0 Å². The van der Waals surface area contributed by atoms with Gasteiger partial charge in [-0.3, -0.25) is 4.79 Å². The number of hydrogen-bond acceptors (Lipinski definition) is 3. The molecule has 2 heterocycles. The highest BCUT2D eigenvalue weighted by Gasteiger charge is 2.61. The lowest BCUT2D eigenvalue weighted by Gasteiger charge is -2.26. The van der Waals surface area contributed by atoms with Crippen LogP contribution in [-0.4, -0.2) is 23.1 Å². The van der Waals surface area contributed by atoms with Gasteiger partial charge in [0.05, 0.1) is 29.6 Å². The maximum atomic E-state index is 13.1. The van der Waals surface area contributed by atoms with Crippen LogP contribution in [0.1, 0.15) is 42.0 Å². The largest absolute Gasteiger partial charge is 0.511 e. The van der Waals surface area contributed by atoms with E-state index in [0.717, 1.165) is 29.5 Å². The first kappa shape index (κ1) is 14.9. The summed E-state index contributed by atoms with van der Waals surface area (Å²) in [6.45, 7) is 8.27. The highest BCUT2D eigenvalue weighted by Crippen LogP contribution is 2.56. The van der Waals surface area contributed by atoms with E-state index in [1.165, 1.54) is 5.56 Å². The van der Waals surface area contributed by atoms with Gasteiger partial charge in [0, 0.05) is 0 Å². The molecular weight excluding hydrogens is 288 g/mol. The number of ketones is 1. The number of aliphatic hydroxyl groups is 1. The van der Waals surface area contributed by atoms with Gasteiger partial charge < -0.3 is 9.84 Å². The Labute approximate surface area is 137 Å². The molecule has 0 radical (unpaired) electrons. The number of hydrogen-bond donors (Lipinski definition) is 1. The zero-order chi connectivity index (χ0) is 16.5. The second kappa shape index (κ2) is 4.94. The average Bonchev–Trinajstić information content (AvgIpc) is 3.12. The summed E-state index contributed by atoms with van der Waals surface area (Å²) >= 11 is 0. The summed E-state index contributed by atoms with van der Waals surface area (Å²) in [5.41, 5.74) is 4.81. The van der Waals surface area contributed by atoms with E-state index in [1.807, 2.05) is 13.8 Å². The number of Topliss-reactive ketones (excluding diaryl/α,β-unsaturated/α-hetero) is 1. The fourth-order valence-electron chi connectivity index (χ4n) is 5.19. The van der Waals surface area contributed by atoms with Crippen LogP contribution < -0.4 is 0 Å². The maximum absolute atomic E-state index is 13.1. The highest BCUT2D eigenvalue weighted by molar-refractivity contribution is 6.26. The minimum Gasteiger partial charge on any atom is -0.511 e. The third-order valence-corrected chi connectivity index (χ3v) is 6.05. The van der Waals surface area contributed by atoms with E-state index < -0.39 is 0 Å². The van der Waals surface area contributed by atoms with Gasteiger partial charge >= 0.3 is 0 Å². The molecule has 0 spiro atoms. The summed E-state index contributed by atoms with van der Waals surface area (Å²) in [5.74, 6) is 0.542. The van der Waals surface area contributed by atoms with Crippen LogP contribution >= 0.6 is 0 Å². The standard InChI is InChI=1S/C20H24O3/c1-5-12-8-13-15-17(20(12)23-13)19(22)16(18(15)21)14-10(3)6-9(2)7-11(14)4/h6-7,12-13,15,17,20,22H,5,8H2,1-4H3/t12-,13?,15-,17+,20?/m0/s1. The van der Waals surface area contributed by atoms with Crippen LogP contribution in [0, 0.1) is 38.5 Å². The van der Waals surface area contributed by atoms with Crippen LogP contribution in [0.15, 0.2) is 17.9 Å². The van der Waals surface area contributed by atoms with E-state index in [9.17, 15) is 9.90 Å². The van der Waals surface area contributed by atoms with Gasteiger partial charge in [-0.15, -0.1) is 0 Å². The number of benzene rings is 1. The van der Waals surface area contributed by atoms with Gasteiger partial charge in [-0.25, -0.2) is 0 Å². The third-order valence-electron chi connectivity index (χ3n) is 6.05. The van der Waals surface area contributed by atoms with Gasteiger partial charge in [0.2, 0.25) is 0 Å². The topological polar surface area (TPSA) is 46.5 Å². The van der Waals surface area contributed by atoms with Crippen LogP contribution in [0.3, 0.4) is 0 Å². The lowest BCUT2D eigenvalue weighted by atomic mass is 9.74. The van der Waals surface area contributed by atoms with Crippen molar-refractivity contribution in [1.29, 1.82) is 0 Å². The Hall–Kier alpha value is -1.61. The molecule has 5 atom stereocenters. The Morgan fingerprint density at radius 3 is 2.43 bits per heavy atom. The van der Waals surface area contributed by atoms with E-state index >= 15 is 0 Å². The molecule has 2 fully saturated rings. The SMILES string of the molecule is CC[C@H]1CC2OC1[C@H]1C(O)=C(c3c(C)cc(C)cc3C)C(=O)[C@@H]21. The molecule has 0 saturated carbocycles. The number of rotatable bonds is 2. The van der Waals surface area contributed by atoms with E-state index in [-0.39, 0.29) is 35.6 Å². The average molecular weight is 312 g/mol. The zero-order valence-electron chi connectivity index (χ0n) is 14.2. The molecule has 1 N–H and O–H groups in total. The summed E-state index contributed by atoms with van der Waals surface area (Å²) in [6, 6.07) is 4.17. The Balaban J connectivity index is 1.83. The molecule has 0 aromatic heterocycles. The lowest BCUT2D eigenvalue weighted by Crippen LogP contribution is -2.34. The molecule has 122 valence electrons. The number of carbonyl (C=O) groups excluding carboxylic acids is 1. The zero-order valence-corrected chi connectivity index (χ0v) is 14.2. The number of fused-ring (bicyclic) bond motifs is 5. The minimum absolute atomic E-state index is 0.00633. The van der Waals surface area contributed by atoms with Crippen molar-refractivity contribution in [3.8, 4) is 0 Å². The summed E-state index contributed by atoms with van der Waals surface area (Å²) in [6.07, 6.45) is 2.01. The van der Waals surface area contributed by atoms with Crippen molar-refractivity contribution in [2.45, 2.75) is 52.7 Å². The second-order valence-electron chi connectivity index (χ2n) is 7.49. The predicted molar refractivity (Wildman–Crippen MR) is 89.2 cm³/mol. The van der Waals surface area contributed by atoms with Crippen molar-refractivity contribution < 1.29 is 14.6 Å². The molecule has 3 nitrogen and oxygen atoms in total. The summed E-state index contributed by atoms with van der Waals surface area (Å²) < 4.78 is 6.03. The summed E-state index contributed by atoms with van der Waals surface area (Å²) in [7, 11) is 0. The molecule has 2 saturated heterocycles. The Morgan fingerprint density at radius 1 is 1.17 bits per heavy atom. The lowest BCUT2D eigenvalue weighted by molar-refractivity contribution is -0.118. The third kappa shape index (κ3) is 1.89. The molecule has 4 rings (SSSR count). The molecule has 2 aliphatic heterocycles. The van der Waals surface area contributed by atoms with Crippen molar-refractivity contribution >= 4 is 11.4 Å². The molecule has 0 amide bonds. The Kier molecular flexibility index (Phi) is 3.21. The molecule has 1 aliphatic carbocycles. The number of aryl methyl sites for hydroxylation is 3. The normalized spacial score (nSPS) is 35.3. The van der Waals surface area contributed by atoms with Crippen molar-refractivity contribution in [3.05, 3.63) is 40.1 Å². The molecule has 2 unspecified atom stereocenters. The fraction of sp³-hybridized carbons (Fsp3) is 0.550.